The van der Waals surface area contributed by atoms with E-state index < -0.39 is 39.6 Å². The first-order chi connectivity index (χ1) is 40.5. The number of ketones is 4. The number of aromatic nitrogens is 2. The number of ether oxygens (including phenoxy) is 3. The summed E-state index contributed by atoms with van der Waals surface area (Å²) in [5, 5.41) is 72.0. The van der Waals surface area contributed by atoms with Crippen LogP contribution in [0.3, 0.4) is 0 Å². The van der Waals surface area contributed by atoms with E-state index in [9.17, 15) is 51.9 Å². The molecular weight excluding hydrogens is 1160 g/mol. The Hall–Kier alpha value is -11.1. The zero-order chi connectivity index (χ0) is 65.8. The predicted molar refractivity (Wildman–Crippen MR) is 315 cm³/mol. The molecule has 2 aliphatic carbocycles. The molecule has 0 saturated heterocycles. The first kappa shape index (κ1) is 70.2. The number of phenols is 7. The molecule has 0 bridgehead atoms. The summed E-state index contributed by atoms with van der Waals surface area (Å²) in [5.74, 6) is -2.63. The van der Waals surface area contributed by atoms with Crippen LogP contribution in [0.25, 0.3) is 22.1 Å². The quantitative estimate of drug-likeness (QED) is 0.00741. The number of aliphatic hydroxyl groups is 1. The summed E-state index contributed by atoms with van der Waals surface area (Å²) in [7, 11) is -4.28. The van der Waals surface area contributed by atoms with Gasteiger partial charge in [-0.05, 0) is 179 Å². The van der Waals surface area contributed by atoms with Crippen molar-refractivity contribution in [2.24, 2.45) is 0 Å². The summed E-state index contributed by atoms with van der Waals surface area (Å²) in [6.07, 6.45) is 6.71. The standard InChI is InChI=1S/C13H10N2O4S.C13H14O6.C8H8O2.C7H8O3.C7H6O3.C7H8O2.C7H6O2/c1-7-4-10-12(6-13(7)16)15-11-5-8(20(17,18)19)2-3-9(11)14-10;1-7-5-12(18-9(3)15)13(19-10(4)16)6-11(7)17-8(2)14;1-6-4-7(5-9)2-3-8(6)10;2*1-4-2-6(9)7(10)3-5(4)8;2*1-5-4-6(8)2-3-7(5)9/h2-6,16H,1H3,(H,17,18,19);5-6H,1-4H3;2-5,10H,1H3;2-3,8-10H,1H3;2-3,8H,1H3;2-4,8-9H,1H3;2-4H,1H3. The molecule has 1 aromatic heterocycles. The smallest absolute Gasteiger partial charge is 0.308 e. The van der Waals surface area contributed by atoms with E-state index in [1.54, 1.807) is 66.7 Å². The molecule has 2 aliphatic rings. The fourth-order valence-electron chi connectivity index (χ4n) is 6.67. The largest absolute Gasteiger partial charge is 0.508 e. The van der Waals surface area contributed by atoms with Gasteiger partial charge in [-0.1, -0.05) is 0 Å². The van der Waals surface area contributed by atoms with Gasteiger partial charge in [0.1, 0.15) is 46.5 Å². The van der Waals surface area contributed by atoms with Crippen molar-refractivity contribution in [2.75, 3.05) is 0 Å². The summed E-state index contributed by atoms with van der Waals surface area (Å²) >= 11 is 0. The van der Waals surface area contributed by atoms with Gasteiger partial charge in [0.25, 0.3) is 10.1 Å². The van der Waals surface area contributed by atoms with Crippen LogP contribution in [0.4, 0.5) is 0 Å². The van der Waals surface area contributed by atoms with Crippen molar-refractivity contribution < 1.29 is 106 Å². The second kappa shape index (κ2) is 31.6. The summed E-state index contributed by atoms with van der Waals surface area (Å²) in [5.41, 5.74) is 6.65. The van der Waals surface area contributed by atoms with Crippen LogP contribution in [0, 0.1) is 34.6 Å². The van der Waals surface area contributed by atoms with Crippen LogP contribution in [0.2, 0.25) is 0 Å². The molecule has 24 nitrogen and oxygen atoms in total. The second-order valence-corrected chi connectivity index (χ2v) is 20.0. The Kier molecular flexibility index (Phi) is 25.5. The van der Waals surface area contributed by atoms with Gasteiger partial charge in [0, 0.05) is 56.2 Å². The van der Waals surface area contributed by atoms with Crippen molar-refractivity contribution in [1.82, 2.24) is 9.97 Å². The molecular formula is C62H60N2O22S. The Morgan fingerprint density at radius 3 is 1.43 bits per heavy atom. The maximum Gasteiger partial charge on any atom is 0.308 e. The molecule has 0 spiro atoms. The molecule has 0 saturated carbocycles. The topological polar surface area (TPSA) is 406 Å². The van der Waals surface area contributed by atoms with E-state index >= 15 is 0 Å². The van der Waals surface area contributed by atoms with Crippen LogP contribution in [0.5, 0.6) is 57.5 Å². The number of aryl methyl sites for hydroxylation is 5. The molecule has 6 aromatic carbocycles. The zero-order valence-electron chi connectivity index (χ0n) is 48.3. The minimum atomic E-state index is -4.28. The minimum Gasteiger partial charge on any atom is -0.508 e. The number of fused-ring (bicyclic) bond motifs is 2. The van der Waals surface area contributed by atoms with Gasteiger partial charge >= 0.3 is 17.9 Å². The number of benzene rings is 6. The van der Waals surface area contributed by atoms with Gasteiger partial charge in [0.05, 0.1) is 27.0 Å². The molecule has 9 rings (SSSR count). The van der Waals surface area contributed by atoms with E-state index in [-0.39, 0.29) is 79.7 Å². The van der Waals surface area contributed by atoms with Gasteiger partial charge in [0.2, 0.25) is 11.6 Å². The highest BCUT2D eigenvalue weighted by Crippen LogP contribution is 2.36. The number of carbonyl (C=O) groups is 8. The number of aldehydes is 1. The molecule has 0 radical (unpaired) electrons. The Morgan fingerprint density at radius 1 is 0.437 bits per heavy atom. The molecule has 0 atom stereocenters. The number of aliphatic hydroxyl groups excluding tert-OH is 1. The predicted octanol–water partition coefficient (Wildman–Crippen LogP) is 9.01. The molecule has 25 heteroatoms. The fourth-order valence-corrected chi connectivity index (χ4v) is 7.17. The lowest BCUT2D eigenvalue weighted by atomic mass is 10.1. The van der Waals surface area contributed by atoms with E-state index in [2.05, 4.69) is 9.97 Å². The maximum atomic E-state index is 11.1. The summed E-state index contributed by atoms with van der Waals surface area (Å²) in [4.78, 5) is 93.7. The van der Waals surface area contributed by atoms with E-state index in [0.717, 1.165) is 30.1 Å². The Morgan fingerprint density at radius 2 is 0.920 bits per heavy atom. The van der Waals surface area contributed by atoms with Crippen LogP contribution in [-0.4, -0.2) is 111 Å². The fraction of sp³-hybridized carbons (Fsp3) is 0.161. The highest BCUT2D eigenvalue weighted by molar-refractivity contribution is 7.85. The minimum absolute atomic E-state index is 0.0181. The van der Waals surface area contributed by atoms with E-state index in [4.69, 9.17) is 54.5 Å². The van der Waals surface area contributed by atoms with Gasteiger partial charge in [-0.2, -0.15) is 8.42 Å². The Balaban J connectivity index is 0.000000273. The average Bonchev–Trinajstić information content (AvgIpc) is 1.11. The van der Waals surface area contributed by atoms with E-state index in [1.165, 1.54) is 106 Å². The summed E-state index contributed by atoms with van der Waals surface area (Å²) < 4.78 is 46.0. The lowest BCUT2D eigenvalue weighted by molar-refractivity contribution is -0.134. The highest BCUT2D eigenvalue weighted by Gasteiger charge is 2.18. The number of rotatable bonds is 5. The van der Waals surface area contributed by atoms with Crippen molar-refractivity contribution in [1.29, 1.82) is 0 Å². The molecule has 87 heavy (non-hydrogen) atoms. The number of hydrogen-bond acceptors (Lipinski definition) is 23. The second-order valence-electron chi connectivity index (χ2n) is 18.6. The summed E-state index contributed by atoms with van der Waals surface area (Å²) in [6, 6.07) is 21.5. The zero-order valence-corrected chi connectivity index (χ0v) is 49.1. The third kappa shape index (κ3) is 22.6. The van der Waals surface area contributed by atoms with Crippen molar-refractivity contribution in [3.8, 4) is 57.5 Å². The molecule has 0 fully saturated rings. The van der Waals surface area contributed by atoms with Crippen molar-refractivity contribution in [2.45, 2.75) is 74.1 Å². The van der Waals surface area contributed by atoms with Crippen LogP contribution >= 0.6 is 0 Å². The van der Waals surface area contributed by atoms with Gasteiger partial charge in [-0.3, -0.25) is 42.9 Å². The highest BCUT2D eigenvalue weighted by atomic mass is 32.2. The molecule has 0 unspecified atom stereocenters. The lowest BCUT2D eigenvalue weighted by Gasteiger charge is -2.12. The van der Waals surface area contributed by atoms with Gasteiger partial charge < -0.3 is 55.1 Å². The number of carbonyl (C=O) groups excluding carboxylic acids is 8. The van der Waals surface area contributed by atoms with Gasteiger partial charge in [-0.15, -0.1) is 0 Å². The third-order valence-electron chi connectivity index (χ3n) is 11.3. The van der Waals surface area contributed by atoms with Gasteiger partial charge in [0.15, 0.2) is 34.6 Å². The van der Waals surface area contributed by atoms with Crippen LogP contribution < -0.4 is 14.2 Å². The molecule has 0 aliphatic heterocycles. The average molecular weight is 1220 g/mol. The normalized spacial score (nSPS) is 12.1. The van der Waals surface area contributed by atoms with Crippen molar-refractivity contribution in [3.63, 3.8) is 0 Å². The first-order valence-corrected chi connectivity index (χ1v) is 26.6. The molecule has 0 amide bonds. The number of esters is 3. The van der Waals surface area contributed by atoms with Gasteiger partial charge in [-0.25, -0.2) is 9.97 Å². The number of phenolic OH excluding ortho intramolecular Hbond substituents is 7. The Labute approximate surface area is 497 Å². The molecule has 9 N–H and O–H groups in total. The molecule has 7 aromatic rings. The lowest BCUT2D eigenvalue weighted by Crippen LogP contribution is -2.13. The SMILES string of the molecule is CC(=O)Oc1cc(OC(C)=O)c(OC(C)=O)cc1C.CC1=CC(=O)C(=O)C=C1O.CC1=CC(=O)C=CC1=O.Cc1cc(C=O)ccc1O.Cc1cc(O)c(O)cc1O.Cc1cc(O)ccc1O.Cc1cc2nc3ccc(S(=O)(=O)O)cc3nc2cc1O. The molecule has 456 valence electrons. The molecule has 1 heterocycles. The first-order valence-electron chi connectivity index (χ1n) is 25.2. The number of aromatic hydroxyl groups is 7. The van der Waals surface area contributed by atoms with Crippen LogP contribution in [0.1, 0.15) is 72.8 Å². The van der Waals surface area contributed by atoms with E-state index in [0.29, 0.717) is 61.0 Å². The van der Waals surface area contributed by atoms with Crippen molar-refractivity contribution >= 4 is 79.5 Å². The van der Waals surface area contributed by atoms with Crippen LogP contribution in [0.15, 0.2) is 143 Å². The number of allylic oxidation sites excluding steroid dienone is 7. The maximum absolute atomic E-state index is 11.1. The monoisotopic (exact) mass is 1220 g/mol. The summed E-state index contributed by atoms with van der Waals surface area (Å²) in [6.45, 7) is 15.4. The Bertz CT molecular complexity index is 4010. The third-order valence-corrected chi connectivity index (χ3v) is 12.1. The van der Waals surface area contributed by atoms with Crippen LogP contribution in [-0.2, 0) is 43.7 Å². The van der Waals surface area contributed by atoms with Crippen molar-refractivity contribution in [3.05, 3.63) is 172 Å². The number of nitrogens with zero attached hydrogens (tertiary/aromatic N) is 2. The van der Waals surface area contributed by atoms with E-state index in [1.807, 2.05) is 0 Å². The number of hydrogen-bond donors (Lipinski definition) is 9.